The zero-order valence-electron chi connectivity index (χ0n) is 8.04. The van der Waals surface area contributed by atoms with Crippen molar-refractivity contribution in [2.75, 3.05) is 0 Å². The van der Waals surface area contributed by atoms with Gasteiger partial charge < -0.3 is 9.15 Å². The number of hydrogen-bond donors (Lipinski definition) is 0. The van der Waals surface area contributed by atoms with Gasteiger partial charge in [-0.2, -0.15) is 10.5 Å². The van der Waals surface area contributed by atoms with E-state index in [2.05, 4.69) is 4.98 Å². The molecule has 0 bridgehead atoms. The highest BCUT2D eigenvalue weighted by molar-refractivity contribution is 5.54. The summed E-state index contributed by atoms with van der Waals surface area (Å²) in [5.41, 5.74) is 0.445. The Kier molecular flexibility index (Phi) is 2.53. The summed E-state index contributed by atoms with van der Waals surface area (Å²) < 4.78 is 10.2. The van der Waals surface area contributed by atoms with Crippen LogP contribution in [-0.2, 0) is 0 Å². The second kappa shape index (κ2) is 4.16. The molecule has 76 valence electrons. The molecule has 0 saturated carbocycles. The fourth-order valence-electron chi connectivity index (χ4n) is 1.19. The van der Waals surface area contributed by atoms with Crippen molar-refractivity contribution in [2.45, 2.75) is 0 Å². The van der Waals surface area contributed by atoms with Gasteiger partial charge in [0.05, 0.1) is 5.56 Å². The predicted molar refractivity (Wildman–Crippen MR) is 52.4 cm³/mol. The van der Waals surface area contributed by atoms with E-state index in [0.717, 1.165) is 0 Å². The van der Waals surface area contributed by atoms with E-state index >= 15 is 0 Å². The molecule has 2 aromatic rings. The van der Waals surface area contributed by atoms with Gasteiger partial charge >= 0.3 is 5.95 Å². The second-order valence-corrected chi connectivity index (χ2v) is 2.82. The molecule has 0 radical (unpaired) electrons. The van der Waals surface area contributed by atoms with Crippen LogP contribution in [0.25, 0.3) is 0 Å². The molecule has 1 aromatic carbocycles. The molecular weight excluding hydrogens is 206 g/mol. The maximum absolute atomic E-state index is 8.93. The molecule has 5 nitrogen and oxygen atoms in total. The molecule has 0 spiro atoms. The van der Waals surface area contributed by atoms with E-state index in [4.69, 9.17) is 19.7 Å². The van der Waals surface area contributed by atoms with Gasteiger partial charge in [0.2, 0.25) is 0 Å². The van der Waals surface area contributed by atoms with Crippen LogP contribution in [0.4, 0.5) is 0 Å². The number of rotatable bonds is 2. The van der Waals surface area contributed by atoms with Crippen LogP contribution in [0.3, 0.4) is 0 Å². The van der Waals surface area contributed by atoms with E-state index in [1.807, 2.05) is 12.1 Å². The van der Waals surface area contributed by atoms with Crippen molar-refractivity contribution in [1.29, 1.82) is 10.5 Å². The Labute approximate surface area is 91.1 Å². The summed E-state index contributed by atoms with van der Waals surface area (Å²) in [6, 6.07) is 8.60. The minimum Gasteiger partial charge on any atom is -0.423 e. The molecule has 0 aliphatic heterocycles. The molecule has 0 N–H and O–H groups in total. The fourth-order valence-corrected chi connectivity index (χ4v) is 1.19. The molecule has 1 aromatic heterocycles. The van der Waals surface area contributed by atoms with Gasteiger partial charge in [-0.3, -0.25) is 0 Å². The maximum atomic E-state index is 8.93. The lowest BCUT2D eigenvalue weighted by Gasteiger charge is -2.03. The quantitative estimate of drug-likeness (QED) is 0.760. The molecule has 5 heteroatoms. The summed E-state index contributed by atoms with van der Waals surface area (Å²) in [5, 5.41) is 17.7. The first-order valence-electron chi connectivity index (χ1n) is 4.34. The van der Waals surface area contributed by atoms with Crippen molar-refractivity contribution in [1.82, 2.24) is 4.98 Å². The van der Waals surface area contributed by atoms with Gasteiger partial charge in [0, 0.05) is 0 Å². The van der Waals surface area contributed by atoms with E-state index in [-0.39, 0.29) is 22.8 Å². The first-order chi connectivity index (χ1) is 7.85. The smallest absolute Gasteiger partial charge is 0.310 e. The third kappa shape index (κ3) is 1.70. The topological polar surface area (TPSA) is 82.8 Å². The van der Waals surface area contributed by atoms with E-state index in [0.29, 0.717) is 0 Å². The van der Waals surface area contributed by atoms with Crippen LogP contribution in [0, 0.1) is 22.7 Å². The summed E-state index contributed by atoms with van der Waals surface area (Å²) in [7, 11) is 0. The van der Waals surface area contributed by atoms with Crippen LogP contribution in [0.15, 0.2) is 35.2 Å². The number of nitrogens with zero attached hydrogens (tertiary/aromatic N) is 3. The molecular formula is C11H5N3O2. The van der Waals surface area contributed by atoms with Crippen LogP contribution < -0.4 is 4.74 Å². The average Bonchev–Trinajstić information content (AvgIpc) is 2.81. The molecule has 2 rings (SSSR count). The Hall–Kier alpha value is -2.79. The average molecular weight is 211 g/mol. The Bertz CT molecular complexity index is 576. The zero-order chi connectivity index (χ0) is 11.4. The van der Waals surface area contributed by atoms with Crippen molar-refractivity contribution < 1.29 is 9.15 Å². The van der Waals surface area contributed by atoms with E-state index in [1.165, 1.54) is 12.6 Å². The molecule has 0 aliphatic rings. The lowest BCUT2D eigenvalue weighted by Crippen LogP contribution is -1.90. The third-order valence-corrected chi connectivity index (χ3v) is 1.88. The van der Waals surface area contributed by atoms with Crippen LogP contribution in [-0.4, -0.2) is 4.98 Å². The lowest BCUT2D eigenvalue weighted by molar-refractivity contribution is 0.345. The van der Waals surface area contributed by atoms with Crippen molar-refractivity contribution in [3.8, 4) is 23.8 Å². The van der Waals surface area contributed by atoms with Gasteiger partial charge in [0.1, 0.15) is 29.6 Å². The summed E-state index contributed by atoms with van der Waals surface area (Å²) in [6.45, 7) is 0. The third-order valence-electron chi connectivity index (χ3n) is 1.88. The van der Waals surface area contributed by atoms with E-state index in [9.17, 15) is 0 Å². The SMILES string of the molecule is N#Cc1cccc(Oc2cnco2)c1C#N. The van der Waals surface area contributed by atoms with Crippen molar-refractivity contribution in [2.24, 2.45) is 0 Å². The van der Waals surface area contributed by atoms with Crippen LogP contribution in [0.5, 0.6) is 11.7 Å². The molecule has 0 saturated heterocycles. The number of aromatic nitrogens is 1. The summed E-state index contributed by atoms with van der Waals surface area (Å²) in [5.74, 6) is 0.449. The normalized spacial score (nSPS) is 9.12. The Balaban J connectivity index is 2.43. The summed E-state index contributed by atoms with van der Waals surface area (Å²) in [6.07, 6.45) is 2.59. The Morgan fingerprint density at radius 2 is 2.12 bits per heavy atom. The molecule has 0 atom stereocenters. The molecule has 0 unspecified atom stereocenters. The molecule has 0 fully saturated rings. The molecule has 0 amide bonds. The number of nitriles is 2. The van der Waals surface area contributed by atoms with Gasteiger partial charge in [0.25, 0.3) is 0 Å². The van der Waals surface area contributed by atoms with Gasteiger partial charge in [-0.25, -0.2) is 4.98 Å². The van der Waals surface area contributed by atoms with Crippen molar-refractivity contribution >= 4 is 0 Å². The summed E-state index contributed by atoms with van der Waals surface area (Å²) >= 11 is 0. The van der Waals surface area contributed by atoms with Crippen LogP contribution in [0.1, 0.15) is 11.1 Å². The number of oxazole rings is 1. The van der Waals surface area contributed by atoms with Gasteiger partial charge in [-0.1, -0.05) is 6.07 Å². The van der Waals surface area contributed by atoms with Crippen LogP contribution in [0.2, 0.25) is 0 Å². The van der Waals surface area contributed by atoms with E-state index in [1.54, 1.807) is 18.2 Å². The summed E-state index contributed by atoms with van der Waals surface area (Å²) in [4.78, 5) is 3.68. The van der Waals surface area contributed by atoms with Gasteiger partial charge in [0.15, 0.2) is 6.39 Å². The number of hydrogen-bond acceptors (Lipinski definition) is 5. The maximum Gasteiger partial charge on any atom is 0.310 e. The zero-order valence-corrected chi connectivity index (χ0v) is 8.04. The minimum atomic E-state index is 0.173. The lowest BCUT2D eigenvalue weighted by atomic mass is 10.1. The predicted octanol–water partition coefficient (Wildman–Crippen LogP) is 2.21. The highest BCUT2D eigenvalue weighted by Gasteiger charge is 2.10. The monoisotopic (exact) mass is 211 g/mol. The molecule has 16 heavy (non-hydrogen) atoms. The van der Waals surface area contributed by atoms with Crippen LogP contribution >= 0.6 is 0 Å². The minimum absolute atomic E-state index is 0.173. The molecule has 0 aliphatic carbocycles. The first kappa shape index (κ1) is 9.75. The molecule has 1 heterocycles. The Morgan fingerprint density at radius 1 is 1.25 bits per heavy atom. The fraction of sp³-hybridized carbons (Fsp3) is 0. The highest BCUT2D eigenvalue weighted by atomic mass is 16.6. The van der Waals surface area contributed by atoms with E-state index < -0.39 is 0 Å². The second-order valence-electron chi connectivity index (χ2n) is 2.82. The number of benzene rings is 1. The van der Waals surface area contributed by atoms with Crippen molar-refractivity contribution in [3.05, 3.63) is 41.9 Å². The first-order valence-corrected chi connectivity index (χ1v) is 4.34. The van der Waals surface area contributed by atoms with Crippen molar-refractivity contribution in [3.63, 3.8) is 0 Å². The largest absolute Gasteiger partial charge is 0.423 e. The highest BCUT2D eigenvalue weighted by Crippen LogP contribution is 2.26. The van der Waals surface area contributed by atoms with Gasteiger partial charge in [-0.05, 0) is 12.1 Å². The number of ether oxygens (including phenoxy) is 1. The Morgan fingerprint density at radius 3 is 2.75 bits per heavy atom. The standard InChI is InChI=1S/C11H5N3O2/c12-4-8-2-1-3-10(9(8)5-13)16-11-6-14-7-15-11/h1-3,6-7H. The van der Waals surface area contributed by atoms with Gasteiger partial charge in [-0.15, -0.1) is 0 Å².